The highest BCUT2D eigenvalue weighted by Crippen LogP contribution is 2.05. The Morgan fingerprint density at radius 2 is 2.21 bits per heavy atom. The van der Waals surface area contributed by atoms with Crippen molar-refractivity contribution in [1.82, 2.24) is 5.32 Å². The van der Waals surface area contributed by atoms with Gasteiger partial charge in [-0.05, 0) is 13.3 Å². The van der Waals surface area contributed by atoms with Crippen LogP contribution in [0.25, 0.3) is 0 Å². The van der Waals surface area contributed by atoms with Gasteiger partial charge in [-0.2, -0.15) is 0 Å². The molecular weight excluding hydrogens is 293 g/mol. The summed E-state index contributed by atoms with van der Waals surface area (Å²) >= 11 is 0. The predicted octanol–water partition coefficient (Wildman–Crippen LogP) is -2.78. The number of amides is 1. The summed E-state index contributed by atoms with van der Waals surface area (Å²) in [6.45, 7) is 4.24. The Morgan fingerprint density at radius 3 is 2.64 bits per heavy atom. The molecule has 4 heteroatoms. The van der Waals surface area contributed by atoms with Gasteiger partial charge in [0.15, 0.2) is 0 Å². The molecule has 0 spiro atoms. The van der Waals surface area contributed by atoms with E-state index < -0.39 is 6.09 Å². The molecule has 1 amide bonds. The smallest absolute Gasteiger partial charge is 0.235 e. The van der Waals surface area contributed by atoms with Crippen molar-refractivity contribution in [3.8, 4) is 11.8 Å². The van der Waals surface area contributed by atoms with Gasteiger partial charge in [0.1, 0.15) is 6.09 Å². The van der Waals surface area contributed by atoms with E-state index in [2.05, 4.69) is 24.1 Å². The summed E-state index contributed by atoms with van der Waals surface area (Å²) in [5.41, 5.74) is 0. The van der Waals surface area contributed by atoms with Crippen LogP contribution in [0.3, 0.4) is 0 Å². The number of carboxylic acid groups (broad SMARTS) is 1. The predicted molar refractivity (Wildman–Crippen MR) is 52.7 cm³/mol. The fourth-order valence-electron chi connectivity index (χ4n) is 1.09. The van der Waals surface area contributed by atoms with Crippen molar-refractivity contribution in [1.29, 1.82) is 0 Å². The number of unbranched alkanes of at least 4 members (excludes halogenated alkanes) is 1. The Morgan fingerprint density at radius 1 is 1.57 bits per heavy atom. The van der Waals surface area contributed by atoms with Crippen LogP contribution in [0.5, 0.6) is 0 Å². The Balaban J connectivity index is 0. The molecule has 0 bridgehead atoms. The summed E-state index contributed by atoms with van der Waals surface area (Å²) in [5.74, 6) is 5.89. The fraction of sp³-hybridized carbons (Fsp3) is 0.700. The molecule has 0 saturated carbocycles. The van der Waals surface area contributed by atoms with Crippen molar-refractivity contribution in [2.24, 2.45) is 5.92 Å². The van der Waals surface area contributed by atoms with Gasteiger partial charge in [0.25, 0.3) is 0 Å². The first-order chi connectivity index (χ1) is 6.20. The standard InChI is InChI=1S/C10H17NO2.H2I/c1-3-5-7-9(6-4-2)8-11-10(12)13;/h9,11H,3,5,7-8H2,1-2H3,(H,12,13);1H2/q;+1/p-1. The van der Waals surface area contributed by atoms with Crippen molar-refractivity contribution >= 4 is 6.09 Å². The van der Waals surface area contributed by atoms with E-state index in [0.29, 0.717) is 6.54 Å². The summed E-state index contributed by atoms with van der Waals surface area (Å²) in [6, 6.07) is 0. The number of rotatable bonds is 5. The molecule has 1 unspecified atom stereocenters. The molecule has 1 atom stereocenters. The highest BCUT2D eigenvalue weighted by molar-refractivity contribution is 5.61. The molecule has 82 valence electrons. The first-order valence-corrected chi connectivity index (χ1v) is 4.57. The second-order valence-corrected chi connectivity index (χ2v) is 2.90. The molecule has 0 heterocycles. The van der Waals surface area contributed by atoms with E-state index in [9.17, 15) is 9.90 Å². The lowest BCUT2D eigenvalue weighted by Gasteiger charge is -2.12. The Kier molecular flexibility index (Phi) is 12.2. The number of carbonyl (C=O) groups excluding carboxylic acids is 1. The van der Waals surface area contributed by atoms with Crippen LogP contribution in [-0.4, -0.2) is 12.6 Å². The molecule has 0 fully saturated rings. The van der Waals surface area contributed by atoms with Gasteiger partial charge in [0.05, 0.1) is 0 Å². The molecule has 0 aliphatic rings. The van der Waals surface area contributed by atoms with Crippen molar-refractivity contribution in [2.75, 3.05) is 6.54 Å². The summed E-state index contributed by atoms with van der Waals surface area (Å²) in [4.78, 5) is 10.1. The van der Waals surface area contributed by atoms with Crippen molar-refractivity contribution in [2.45, 2.75) is 33.1 Å². The quantitative estimate of drug-likeness (QED) is 0.441. The maximum absolute atomic E-state index is 10.1. The minimum Gasteiger partial charge on any atom is -0.530 e. The Hall–Kier alpha value is -0.440. The van der Waals surface area contributed by atoms with Crippen molar-refractivity contribution < 1.29 is 33.9 Å². The molecular formula is C10H18INO2. The lowest BCUT2D eigenvalue weighted by Crippen LogP contribution is -3.00. The minimum absolute atomic E-state index is 0. The first kappa shape index (κ1) is 16.0. The largest absolute Gasteiger partial charge is 0.530 e. The highest BCUT2D eigenvalue weighted by Gasteiger charge is 2.03. The number of hydrogen-bond donors (Lipinski definition) is 1. The number of nitrogens with one attached hydrogen (secondary N) is 1. The van der Waals surface area contributed by atoms with Gasteiger partial charge in [-0.25, -0.2) is 0 Å². The third-order valence-corrected chi connectivity index (χ3v) is 1.75. The molecule has 0 aromatic heterocycles. The molecule has 0 saturated heterocycles. The van der Waals surface area contributed by atoms with E-state index in [-0.39, 0.29) is 29.9 Å². The van der Waals surface area contributed by atoms with Gasteiger partial charge in [0.2, 0.25) is 24.0 Å². The molecule has 0 aliphatic heterocycles. The third kappa shape index (κ3) is 9.65. The molecule has 0 aromatic carbocycles. The van der Waals surface area contributed by atoms with Gasteiger partial charge in [-0.15, -0.1) is 5.92 Å². The minimum atomic E-state index is -1.22. The molecule has 14 heavy (non-hydrogen) atoms. The topological polar surface area (TPSA) is 52.2 Å². The monoisotopic (exact) mass is 311 g/mol. The average Bonchev–Trinajstić information content (AvgIpc) is 2.09. The van der Waals surface area contributed by atoms with Crippen LogP contribution in [0.1, 0.15) is 33.1 Å². The fourth-order valence-corrected chi connectivity index (χ4v) is 1.09. The highest BCUT2D eigenvalue weighted by atomic mass is 127. The van der Waals surface area contributed by atoms with E-state index in [1.54, 1.807) is 6.92 Å². The number of carbonyl (C=O) groups is 1. The molecule has 1 N–H and O–H groups in total. The van der Waals surface area contributed by atoms with E-state index in [1.807, 2.05) is 0 Å². The van der Waals surface area contributed by atoms with Crippen LogP contribution < -0.4 is 34.4 Å². The maximum atomic E-state index is 10.1. The van der Waals surface area contributed by atoms with E-state index in [4.69, 9.17) is 0 Å². The summed E-state index contributed by atoms with van der Waals surface area (Å²) in [7, 11) is 0. The van der Waals surface area contributed by atoms with Crippen LogP contribution in [0.15, 0.2) is 0 Å². The molecule has 3 nitrogen and oxygen atoms in total. The molecule has 0 radical (unpaired) electrons. The van der Waals surface area contributed by atoms with Gasteiger partial charge in [-0.1, -0.05) is 25.7 Å². The van der Waals surface area contributed by atoms with Crippen LogP contribution in [-0.2, 0) is 0 Å². The van der Waals surface area contributed by atoms with Crippen LogP contribution >= 0.6 is 0 Å². The van der Waals surface area contributed by atoms with Gasteiger partial charge >= 0.3 is 0 Å². The molecule has 0 rings (SSSR count). The Bertz CT molecular complexity index is 208. The average molecular weight is 311 g/mol. The second kappa shape index (κ2) is 10.6. The summed E-state index contributed by atoms with van der Waals surface area (Å²) < 4.78 is 0. The summed E-state index contributed by atoms with van der Waals surface area (Å²) in [5, 5.41) is 12.4. The zero-order chi connectivity index (χ0) is 10.1. The number of halogens is 1. The van der Waals surface area contributed by atoms with Crippen LogP contribution in [0, 0.1) is 17.8 Å². The van der Waals surface area contributed by atoms with E-state index in [0.717, 1.165) is 19.3 Å². The summed E-state index contributed by atoms with van der Waals surface area (Å²) in [6.07, 6.45) is 1.90. The Labute approximate surface area is 103 Å². The van der Waals surface area contributed by atoms with E-state index in [1.165, 1.54) is 0 Å². The third-order valence-electron chi connectivity index (χ3n) is 1.75. The number of hydrogen-bond acceptors (Lipinski definition) is 2. The van der Waals surface area contributed by atoms with Crippen molar-refractivity contribution in [3.05, 3.63) is 0 Å². The van der Waals surface area contributed by atoms with Gasteiger partial charge < -0.3 is 15.2 Å². The second-order valence-electron chi connectivity index (χ2n) is 2.90. The normalized spacial score (nSPS) is 10.4. The lowest BCUT2D eigenvalue weighted by atomic mass is 10.0. The zero-order valence-corrected chi connectivity index (χ0v) is 11.2. The van der Waals surface area contributed by atoms with E-state index >= 15 is 0 Å². The SMILES string of the molecule is CC#CC(CCCC)CNC(=O)[O-].[IH2+]. The van der Waals surface area contributed by atoms with Gasteiger partial charge in [-0.3, -0.25) is 0 Å². The lowest BCUT2D eigenvalue weighted by molar-refractivity contribution is -0.250. The molecule has 0 aromatic rings. The molecule has 0 aliphatic carbocycles. The maximum Gasteiger partial charge on any atom is 0.235 e. The van der Waals surface area contributed by atoms with Crippen molar-refractivity contribution in [3.63, 3.8) is 0 Å². The first-order valence-electron chi connectivity index (χ1n) is 4.57. The van der Waals surface area contributed by atoms with Crippen LogP contribution in [0.2, 0.25) is 0 Å². The van der Waals surface area contributed by atoms with Gasteiger partial charge in [0, 0.05) is 12.5 Å². The zero-order valence-electron chi connectivity index (χ0n) is 8.67. The van der Waals surface area contributed by atoms with Crippen LogP contribution in [0.4, 0.5) is 4.79 Å².